The predicted octanol–water partition coefficient (Wildman–Crippen LogP) is 4.48. The van der Waals surface area contributed by atoms with Gasteiger partial charge in [0.25, 0.3) is 0 Å². The fourth-order valence-electron chi connectivity index (χ4n) is 2.69. The Hall–Kier alpha value is -0.600. The standard InChI is InChI=1S/C14H18ClFO/c15-11-7-4-8-12(16)14(11)13(17)9-10-5-2-1-3-6-10/h4,7-8,10,13,17H,1-3,5-6,9H2. The molecule has 0 aromatic heterocycles. The smallest absolute Gasteiger partial charge is 0.130 e. The van der Waals surface area contributed by atoms with E-state index in [1.807, 2.05) is 0 Å². The van der Waals surface area contributed by atoms with E-state index in [-0.39, 0.29) is 5.56 Å². The van der Waals surface area contributed by atoms with Crippen molar-refractivity contribution in [2.24, 2.45) is 5.92 Å². The molecule has 1 aromatic carbocycles. The van der Waals surface area contributed by atoms with Crippen molar-refractivity contribution in [1.82, 2.24) is 0 Å². The summed E-state index contributed by atoms with van der Waals surface area (Å²) in [6.45, 7) is 0. The van der Waals surface area contributed by atoms with E-state index in [1.54, 1.807) is 12.1 Å². The summed E-state index contributed by atoms with van der Waals surface area (Å²) in [4.78, 5) is 0. The highest BCUT2D eigenvalue weighted by Crippen LogP contribution is 2.35. The second-order valence-corrected chi connectivity index (χ2v) is 5.30. The van der Waals surface area contributed by atoms with Gasteiger partial charge in [0, 0.05) is 10.6 Å². The Kier molecular flexibility index (Phi) is 4.41. The fourth-order valence-corrected chi connectivity index (χ4v) is 2.97. The third-order valence-corrected chi connectivity index (χ3v) is 3.94. The maximum Gasteiger partial charge on any atom is 0.130 e. The van der Waals surface area contributed by atoms with E-state index in [4.69, 9.17) is 11.6 Å². The SMILES string of the molecule is OC(CC1CCCCC1)c1c(F)cccc1Cl. The van der Waals surface area contributed by atoms with Gasteiger partial charge in [0.05, 0.1) is 6.10 Å². The summed E-state index contributed by atoms with van der Waals surface area (Å²) >= 11 is 5.94. The number of halogens is 2. The van der Waals surface area contributed by atoms with Crippen molar-refractivity contribution in [3.63, 3.8) is 0 Å². The highest BCUT2D eigenvalue weighted by atomic mass is 35.5. The minimum absolute atomic E-state index is 0.264. The Balaban J connectivity index is 2.05. The molecule has 0 amide bonds. The van der Waals surface area contributed by atoms with Gasteiger partial charge in [0.2, 0.25) is 0 Å². The molecule has 2 rings (SSSR count). The molecular weight excluding hydrogens is 239 g/mol. The largest absolute Gasteiger partial charge is 0.388 e. The summed E-state index contributed by atoms with van der Waals surface area (Å²) in [6, 6.07) is 4.55. The number of aliphatic hydroxyl groups is 1. The molecule has 0 bridgehead atoms. The van der Waals surface area contributed by atoms with Crippen LogP contribution in [0.3, 0.4) is 0 Å². The first kappa shape index (κ1) is 12.8. The van der Waals surface area contributed by atoms with Crippen LogP contribution in [0.1, 0.15) is 50.2 Å². The second kappa shape index (κ2) is 5.83. The van der Waals surface area contributed by atoms with Crippen molar-refractivity contribution in [2.45, 2.75) is 44.6 Å². The van der Waals surface area contributed by atoms with E-state index in [2.05, 4.69) is 0 Å². The lowest BCUT2D eigenvalue weighted by atomic mass is 9.84. The van der Waals surface area contributed by atoms with Crippen molar-refractivity contribution in [3.05, 3.63) is 34.6 Å². The number of hydrogen-bond donors (Lipinski definition) is 1. The molecule has 94 valence electrons. The molecule has 0 radical (unpaired) electrons. The zero-order chi connectivity index (χ0) is 12.3. The summed E-state index contributed by atoms with van der Waals surface area (Å²) in [5.74, 6) is 0.107. The molecule has 1 nitrogen and oxygen atoms in total. The summed E-state index contributed by atoms with van der Waals surface area (Å²) in [7, 11) is 0. The van der Waals surface area contributed by atoms with Crippen molar-refractivity contribution in [2.75, 3.05) is 0 Å². The average molecular weight is 257 g/mol. The fraction of sp³-hybridized carbons (Fsp3) is 0.571. The van der Waals surface area contributed by atoms with Crippen LogP contribution in [0.4, 0.5) is 4.39 Å². The molecule has 1 aliphatic carbocycles. The molecule has 1 atom stereocenters. The highest BCUT2D eigenvalue weighted by molar-refractivity contribution is 6.31. The Morgan fingerprint density at radius 3 is 2.65 bits per heavy atom. The van der Waals surface area contributed by atoms with E-state index in [9.17, 15) is 9.50 Å². The average Bonchev–Trinajstić information content (AvgIpc) is 2.30. The first-order valence-electron chi connectivity index (χ1n) is 6.30. The zero-order valence-electron chi connectivity index (χ0n) is 9.83. The molecule has 0 aliphatic heterocycles. The third-order valence-electron chi connectivity index (χ3n) is 3.61. The number of benzene rings is 1. The van der Waals surface area contributed by atoms with Crippen LogP contribution in [0.2, 0.25) is 5.02 Å². The van der Waals surface area contributed by atoms with Gasteiger partial charge < -0.3 is 5.11 Å². The third kappa shape index (κ3) is 3.20. The van der Waals surface area contributed by atoms with Crippen molar-refractivity contribution >= 4 is 11.6 Å². The molecule has 1 unspecified atom stereocenters. The first-order valence-corrected chi connectivity index (χ1v) is 6.68. The molecule has 1 aliphatic rings. The van der Waals surface area contributed by atoms with Crippen LogP contribution in [-0.4, -0.2) is 5.11 Å². The molecule has 1 fully saturated rings. The highest BCUT2D eigenvalue weighted by Gasteiger charge is 2.22. The Morgan fingerprint density at radius 1 is 1.29 bits per heavy atom. The Bertz CT molecular complexity index is 354. The molecule has 1 N–H and O–H groups in total. The van der Waals surface area contributed by atoms with Gasteiger partial charge >= 0.3 is 0 Å². The Labute approximate surface area is 107 Å². The van der Waals surface area contributed by atoms with Crippen molar-refractivity contribution in [1.29, 1.82) is 0 Å². The second-order valence-electron chi connectivity index (χ2n) is 4.89. The van der Waals surface area contributed by atoms with Crippen LogP contribution in [0, 0.1) is 11.7 Å². The van der Waals surface area contributed by atoms with Gasteiger partial charge in [0.1, 0.15) is 5.82 Å². The summed E-state index contributed by atoms with van der Waals surface area (Å²) < 4.78 is 13.6. The van der Waals surface area contributed by atoms with Gasteiger partial charge in [-0.3, -0.25) is 0 Å². The zero-order valence-corrected chi connectivity index (χ0v) is 10.6. The molecule has 1 saturated carbocycles. The van der Waals surface area contributed by atoms with Gasteiger partial charge in [-0.05, 0) is 24.5 Å². The molecule has 1 aromatic rings. The van der Waals surface area contributed by atoms with Gasteiger partial charge in [-0.2, -0.15) is 0 Å². The maximum atomic E-state index is 13.6. The molecular formula is C14H18ClFO. The van der Waals surface area contributed by atoms with E-state index in [0.29, 0.717) is 17.4 Å². The summed E-state index contributed by atoms with van der Waals surface area (Å²) in [6.07, 6.45) is 5.87. The van der Waals surface area contributed by atoms with Crippen LogP contribution in [0.25, 0.3) is 0 Å². The minimum atomic E-state index is -0.771. The van der Waals surface area contributed by atoms with Crippen LogP contribution in [0.15, 0.2) is 18.2 Å². The maximum absolute atomic E-state index is 13.6. The molecule has 0 spiro atoms. The molecule has 17 heavy (non-hydrogen) atoms. The summed E-state index contributed by atoms with van der Waals surface area (Å²) in [5, 5.41) is 10.4. The molecule has 0 heterocycles. The van der Waals surface area contributed by atoms with Crippen LogP contribution >= 0.6 is 11.6 Å². The van der Waals surface area contributed by atoms with Crippen molar-refractivity contribution in [3.8, 4) is 0 Å². The quantitative estimate of drug-likeness (QED) is 0.845. The minimum Gasteiger partial charge on any atom is -0.388 e. The van der Waals surface area contributed by atoms with E-state index < -0.39 is 11.9 Å². The topological polar surface area (TPSA) is 20.2 Å². The normalized spacial score (nSPS) is 19.2. The first-order chi connectivity index (χ1) is 8.18. The lowest BCUT2D eigenvalue weighted by molar-refractivity contribution is 0.128. The van der Waals surface area contributed by atoms with E-state index in [1.165, 1.54) is 25.3 Å². The number of hydrogen-bond acceptors (Lipinski definition) is 1. The monoisotopic (exact) mass is 256 g/mol. The molecule has 3 heteroatoms. The molecule has 0 saturated heterocycles. The van der Waals surface area contributed by atoms with Gasteiger partial charge in [0.15, 0.2) is 0 Å². The Morgan fingerprint density at radius 2 is 2.00 bits per heavy atom. The van der Waals surface area contributed by atoms with E-state index >= 15 is 0 Å². The van der Waals surface area contributed by atoms with E-state index in [0.717, 1.165) is 12.8 Å². The van der Waals surface area contributed by atoms with Gasteiger partial charge in [-0.25, -0.2) is 4.39 Å². The number of rotatable bonds is 3. The predicted molar refractivity (Wildman–Crippen MR) is 67.6 cm³/mol. The van der Waals surface area contributed by atoms with Crippen LogP contribution < -0.4 is 0 Å². The summed E-state index contributed by atoms with van der Waals surface area (Å²) in [5.41, 5.74) is 0.264. The van der Waals surface area contributed by atoms with Gasteiger partial charge in [-0.1, -0.05) is 49.8 Å². The van der Waals surface area contributed by atoms with Crippen LogP contribution in [0.5, 0.6) is 0 Å². The van der Waals surface area contributed by atoms with Gasteiger partial charge in [-0.15, -0.1) is 0 Å². The van der Waals surface area contributed by atoms with Crippen molar-refractivity contribution < 1.29 is 9.50 Å². The lowest BCUT2D eigenvalue weighted by Crippen LogP contribution is -2.12. The van der Waals surface area contributed by atoms with Crippen LogP contribution in [-0.2, 0) is 0 Å². The number of aliphatic hydroxyl groups excluding tert-OH is 1. The lowest BCUT2D eigenvalue weighted by Gasteiger charge is -2.24.